The summed E-state index contributed by atoms with van der Waals surface area (Å²) in [5, 5.41) is 11.5. The molecule has 0 heterocycles. The summed E-state index contributed by atoms with van der Waals surface area (Å²) in [6.45, 7) is 1.23. The van der Waals surface area contributed by atoms with Crippen LogP contribution in [0.15, 0.2) is 18.2 Å². The summed E-state index contributed by atoms with van der Waals surface area (Å²) in [5.41, 5.74) is 0.911. The zero-order valence-electron chi connectivity index (χ0n) is 7.56. The molecule has 14 heavy (non-hydrogen) atoms. The number of nitriles is 1. The van der Waals surface area contributed by atoms with Crippen LogP contribution in [0.2, 0.25) is 5.02 Å². The summed E-state index contributed by atoms with van der Waals surface area (Å²) in [4.78, 5) is 0. The maximum Gasteiger partial charge on any atom is 0.141 e. The molecule has 2 nitrogen and oxygen atoms in total. The molecule has 0 spiro atoms. The van der Waals surface area contributed by atoms with Crippen LogP contribution < -0.4 is 5.32 Å². The lowest BCUT2D eigenvalue weighted by molar-refractivity contribution is 0.625. The van der Waals surface area contributed by atoms with Crippen LogP contribution in [0.1, 0.15) is 12.0 Å². The third-order valence-corrected chi connectivity index (χ3v) is 2.02. The Labute approximate surface area is 87.3 Å². The van der Waals surface area contributed by atoms with E-state index in [1.165, 1.54) is 6.07 Å². The Morgan fingerprint density at radius 3 is 2.93 bits per heavy atom. The number of nitrogens with zero attached hydrogens (tertiary/aromatic N) is 1. The fourth-order valence-electron chi connectivity index (χ4n) is 1.03. The zero-order chi connectivity index (χ0) is 10.4. The predicted molar refractivity (Wildman–Crippen MR) is 53.3 cm³/mol. The van der Waals surface area contributed by atoms with Crippen LogP contribution in [-0.2, 0) is 6.54 Å². The summed E-state index contributed by atoms with van der Waals surface area (Å²) < 4.78 is 12.7. The van der Waals surface area contributed by atoms with E-state index in [1.54, 1.807) is 12.1 Å². The second kappa shape index (κ2) is 5.58. The highest BCUT2D eigenvalue weighted by Gasteiger charge is 1.99. The van der Waals surface area contributed by atoms with Crippen LogP contribution in [0, 0.1) is 17.1 Å². The Hall–Kier alpha value is -1.11. The molecule has 0 saturated carbocycles. The quantitative estimate of drug-likeness (QED) is 0.779. The molecule has 0 radical (unpaired) electrons. The van der Waals surface area contributed by atoms with Crippen molar-refractivity contribution in [2.24, 2.45) is 0 Å². The van der Waals surface area contributed by atoms with Gasteiger partial charge in [0.1, 0.15) is 5.82 Å². The first kappa shape index (κ1) is 11.0. The Balaban J connectivity index is 2.44. The Morgan fingerprint density at radius 1 is 1.50 bits per heavy atom. The van der Waals surface area contributed by atoms with E-state index in [0.29, 0.717) is 19.5 Å². The van der Waals surface area contributed by atoms with Crippen molar-refractivity contribution in [1.29, 1.82) is 5.26 Å². The summed E-state index contributed by atoms with van der Waals surface area (Å²) >= 11 is 5.60. The monoisotopic (exact) mass is 212 g/mol. The standard InChI is InChI=1S/C10H10ClFN2/c11-9-6-8(2-3-10(9)12)7-14-5-1-4-13/h2-3,6,14H,1,5,7H2. The van der Waals surface area contributed by atoms with Gasteiger partial charge in [0.15, 0.2) is 0 Å². The summed E-state index contributed by atoms with van der Waals surface area (Å²) in [5.74, 6) is -0.410. The number of hydrogen-bond donors (Lipinski definition) is 1. The van der Waals surface area contributed by atoms with Crippen LogP contribution >= 0.6 is 11.6 Å². The third kappa shape index (κ3) is 3.33. The first-order valence-corrected chi connectivity index (χ1v) is 4.63. The molecule has 0 aliphatic rings. The van der Waals surface area contributed by atoms with Crippen LogP contribution in [0.3, 0.4) is 0 Å². The van der Waals surface area contributed by atoms with Gasteiger partial charge in [0.2, 0.25) is 0 Å². The number of halogens is 2. The van der Waals surface area contributed by atoms with E-state index >= 15 is 0 Å². The van der Waals surface area contributed by atoms with Crippen molar-refractivity contribution < 1.29 is 4.39 Å². The van der Waals surface area contributed by atoms with Crippen molar-refractivity contribution in [2.75, 3.05) is 6.54 Å². The van der Waals surface area contributed by atoms with Gasteiger partial charge in [0.05, 0.1) is 11.1 Å². The van der Waals surface area contributed by atoms with Crippen LogP contribution in [0.5, 0.6) is 0 Å². The van der Waals surface area contributed by atoms with Gasteiger partial charge in [-0.05, 0) is 17.7 Å². The van der Waals surface area contributed by atoms with Crippen molar-refractivity contribution >= 4 is 11.6 Å². The van der Waals surface area contributed by atoms with Crippen LogP contribution in [0.4, 0.5) is 4.39 Å². The van der Waals surface area contributed by atoms with Crippen molar-refractivity contribution in [3.63, 3.8) is 0 Å². The molecule has 0 amide bonds. The molecule has 74 valence electrons. The van der Waals surface area contributed by atoms with Gasteiger partial charge in [0.25, 0.3) is 0 Å². The molecule has 0 unspecified atom stereocenters. The van der Waals surface area contributed by atoms with Gasteiger partial charge >= 0.3 is 0 Å². The van der Waals surface area contributed by atoms with Crippen LogP contribution in [0.25, 0.3) is 0 Å². The molecule has 0 saturated heterocycles. The lowest BCUT2D eigenvalue weighted by Crippen LogP contribution is -2.14. The second-order valence-corrected chi connectivity index (χ2v) is 3.24. The first-order valence-electron chi connectivity index (χ1n) is 4.25. The number of rotatable bonds is 4. The minimum atomic E-state index is -0.410. The van der Waals surface area contributed by atoms with Gasteiger partial charge in [-0.1, -0.05) is 17.7 Å². The summed E-state index contributed by atoms with van der Waals surface area (Å²) in [6.07, 6.45) is 0.467. The second-order valence-electron chi connectivity index (χ2n) is 2.83. The summed E-state index contributed by atoms with van der Waals surface area (Å²) in [6, 6.07) is 6.61. The molecule has 0 bridgehead atoms. The van der Waals surface area contributed by atoms with Gasteiger partial charge in [-0.2, -0.15) is 5.26 Å². The SMILES string of the molecule is N#CCCNCc1ccc(F)c(Cl)c1. The minimum Gasteiger partial charge on any atom is -0.312 e. The minimum absolute atomic E-state index is 0.129. The first-order chi connectivity index (χ1) is 6.74. The van der Waals surface area contributed by atoms with Gasteiger partial charge in [-0.15, -0.1) is 0 Å². The molecule has 1 rings (SSSR count). The fourth-order valence-corrected chi connectivity index (χ4v) is 1.23. The highest BCUT2D eigenvalue weighted by molar-refractivity contribution is 6.30. The zero-order valence-corrected chi connectivity index (χ0v) is 8.31. The highest BCUT2D eigenvalue weighted by atomic mass is 35.5. The van der Waals surface area contributed by atoms with E-state index < -0.39 is 5.82 Å². The van der Waals surface area contributed by atoms with Gasteiger partial charge in [-0.3, -0.25) is 0 Å². The number of benzene rings is 1. The maximum atomic E-state index is 12.7. The molecule has 0 aliphatic carbocycles. The molecule has 0 aliphatic heterocycles. The molecule has 0 atom stereocenters. The topological polar surface area (TPSA) is 35.8 Å². The lowest BCUT2D eigenvalue weighted by atomic mass is 10.2. The normalized spacial score (nSPS) is 9.79. The molecule has 0 fully saturated rings. The fraction of sp³-hybridized carbons (Fsp3) is 0.300. The predicted octanol–water partition coefficient (Wildman–Crippen LogP) is 2.48. The van der Waals surface area contributed by atoms with Crippen LogP contribution in [-0.4, -0.2) is 6.54 Å². The van der Waals surface area contributed by atoms with Gasteiger partial charge < -0.3 is 5.32 Å². The molecule has 4 heteroatoms. The largest absolute Gasteiger partial charge is 0.312 e. The van der Waals surface area contributed by atoms with E-state index in [-0.39, 0.29) is 5.02 Å². The van der Waals surface area contributed by atoms with Gasteiger partial charge in [0, 0.05) is 19.5 Å². The molecule has 1 aromatic rings. The average molecular weight is 213 g/mol. The van der Waals surface area contributed by atoms with Gasteiger partial charge in [-0.25, -0.2) is 4.39 Å². The molecular weight excluding hydrogens is 203 g/mol. The van der Waals surface area contributed by atoms with E-state index in [0.717, 1.165) is 5.56 Å². The summed E-state index contributed by atoms with van der Waals surface area (Å²) in [7, 11) is 0. The Bertz CT molecular complexity index is 346. The Kier molecular flexibility index (Phi) is 4.37. The molecular formula is C10H10ClFN2. The van der Waals surface area contributed by atoms with Crippen molar-refractivity contribution in [3.8, 4) is 6.07 Å². The third-order valence-electron chi connectivity index (χ3n) is 1.73. The molecule has 1 aromatic carbocycles. The molecule has 1 N–H and O–H groups in total. The van der Waals surface area contributed by atoms with E-state index in [4.69, 9.17) is 16.9 Å². The number of nitrogens with one attached hydrogen (secondary N) is 1. The van der Waals surface area contributed by atoms with E-state index in [9.17, 15) is 4.39 Å². The van der Waals surface area contributed by atoms with Crippen molar-refractivity contribution in [3.05, 3.63) is 34.6 Å². The molecule has 0 aromatic heterocycles. The maximum absolute atomic E-state index is 12.7. The van der Waals surface area contributed by atoms with Crippen molar-refractivity contribution in [2.45, 2.75) is 13.0 Å². The van der Waals surface area contributed by atoms with Crippen molar-refractivity contribution in [1.82, 2.24) is 5.32 Å². The Morgan fingerprint density at radius 2 is 2.29 bits per heavy atom. The van der Waals surface area contributed by atoms with E-state index in [1.807, 2.05) is 6.07 Å². The average Bonchev–Trinajstić information content (AvgIpc) is 2.18. The number of hydrogen-bond acceptors (Lipinski definition) is 2. The lowest BCUT2D eigenvalue weighted by Gasteiger charge is -2.03. The highest BCUT2D eigenvalue weighted by Crippen LogP contribution is 2.15. The smallest absolute Gasteiger partial charge is 0.141 e. The van der Waals surface area contributed by atoms with E-state index in [2.05, 4.69) is 5.32 Å².